The molecule has 0 saturated carbocycles. The molecule has 3 heteroatoms. The Labute approximate surface area is 51.4 Å². The molecule has 0 fully saturated rings. The van der Waals surface area contributed by atoms with E-state index in [1.165, 1.54) is 0 Å². The van der Waals surface area contributed by atoms with E-state index in [1.54, 1.807) is 0 Å². The average molecular weight is 165 g/mol. The van der Waals surface area contributed by atoms with Crippen molar-refractivity contribution in [2.75, 3.05) is 5.33 Å². The van der Waals surface area contributed by atoms with Crippen LogP contribution in [0.5, 0.6) is 0 Å². The molecule has 0 aliphatic heterocycles. The van der Waals surface area contributed by atoms with Crippen molar-refractivity contribution in [1.82, 2.24) is 5.32 Å². The molecular weight excluding hydrogens is 158 g/mol. The van der Waals surface area contributed by atoms with Gasteiger partial charge < -0.3 is 5.32 Å². The number of amides is 1. The average Bonchev–Trinajstić information content (AvgIpc) is 1.68. The van der Waals surface area contributed by atoms with Crippen LogP contribution in [0.15, 0.2) is 0 Å². The first-order valence-electron chi connectivity index (χ1n) is 1.90. The predicted octanol–water partition coefficient (Wildman–Crippen LogP) is 0.330. The summed E-state index contributed by atoms with van der Waals surface area (Å²) in [7, 11) is 0. The third-order valence-electron chi connectivity index (χ3n) is 0.490. The predicted molar refractivity (Wildman–Crippen MR) is 32.1 cm³/mol. The molecule has 0 aromatic heterocycles. The largest absolute Gasteiger partial charge is 0.355 e. The third kappa shape index (κ3) is 3.79. The number of rotatable bonds is 3. The second-order valence-corrected chi connectivity index (χ2v) is 1.78. The SMILES string of the molecule is [CH2]C(CBr)NC=O. The minimum atomic E-state index is -0.00231. The first kappa shape index (κ1) is 6.95. The molecule has 2 nitrogen and oxygen atoms in total. The van der Waals surface area contributed by atoms with Crippen LogP contribution in [0, 0.1) is 6.92 Å². The Morgan fingerprint density at radius 2 is 2.57 bits per heavy atom. The molecule has 0 aliphatic carbocycles. The molecule has 1 unspecified atom stereocenters. The van der Waals surface area contributed by atoms with Gasteiger partial charge in [-0.2, -0.15) is 0 Å². The summed E-state index contributed by atoms with van der Waals surface area (Å²) >= 11 is 3.13. The molecule has 1 atom stereocenters. The van der Waals surface area contributed by atoms with E-state index in [-0.39, 0.29) is 6.04 Å². The van der Waals surface area contributed by atoms with Gasteiger partial charge in [0.2, 0.25) is 6.41 Å². The number of nitrogens with one attached hydrogen (secondary N) is 1. The van der Waals surface area contributed by atoms with Crippen LogP contribution in [0.1, 0.15) is 0 Å². The van der Waals surface area contributed by atoms with Crippen LogP contribution < -0.4 is 5.32 Å². The van der Waals surface area contributed by atoms with E-state index >= 15 is 0 Å². The minimum absolute atomic E-state index is 0.00231. The summed E-state index contributed by atoms with van der Waals surface area (Å²) in [6.45, 7) is 3.56. The molecule has 0 aliphatic rings. The van der Waals surface area contributed by atoms with Crippen LogP contribution in [0.3, 0.4) is 0 Å². The Morgan fingerprint density at radius 3 is 2.71 bits per heavy atom. The summed E-state index contributed by atoms with van der Waals surface area (Å²) < 4.78 is 0. The van der Waals surface area contributed by atoms with E-state index in [2.05, 4.69) is 28.2 Å². The van der Waals surface area contributed by atoms with Crippen LogP contribution in [0.2, 0.25) is 0 Å². The van der Waals surface area contributed by atoms with Gasteiger partial charge in [-0.1, -0.05) is 15.9 Å². The van der Waals surface area contributed by atoms with Crippen molar-refractivity contribution in [2.24, 2.45) is 0 Å². The topological polar surface area (TPSA) is 29.1 Å². The van der Waals surface area contributed by atoms with Crippen molar-refractivity contribution in [3.63, 3.8) is 0 Å². The maximum atomic E-state index is 9.60. The quantitative estimate of drug-likeness (QED) is 0.473. The maximum absolute atomic E-state index is 9.60. The Bertz CT molecular complexity index is 57.7. The van der Waals surface area contributed by atoms with Crippen molar-refractivity contribution in [1.29, 1.82) is 0 Å². The minimum Gasteiger partial charge on any atom is -0.355 e. The monoisotopic (exact) mass is 164 g/mol. The molecule has 0 heterocycles. The molecule has 1 N–H and O–H groups in total. The zero-order chi connectivity index (χ0) is 5.70. The van der Waals surface area contributed by atoms with Crippen LogP contribution in [0.4, 0.5) is 0 Å². The second-order valence-electron chi connectivity index (χ2n) is 1.14. The highest BCUT2D eigenvalue weighted by Gasteiger charge is 1.91. The van der Waals surface area contributed by atoms with Gasteiger partial charge in [0.25, 0.3) is 0 Å². The van der Waals surface area contributed by atoms with Gasteiger partial charge in [-0.3, -0.25) is 4.79 Å². The van der Waals surface area contributed by atoms with Crippen molar-refractivity contribution in [2.45, 2.75) is 6.04 Å². The fourth-order valence-corrected chi connectivity index (χ4v) is 0.328. The third-order valence-corrected chi connectivity index (χ3v) is 1.27. The summed E-state index contributed by atoms with van der Waals surface area (Å²) in [5, 5.41) is 3.16. The highest BCUT2D eigenvalue weighted by molar-refractivity contribution is 9.09. The van der Waals surface area contributed by atoms with Crippen molar-refractivity contribution >= 4 is 22.3 Å². The van der Waals surface area contributed by atoms with Gasteiger partial charge in [-0.05, 0) is 6.92 Å². The second kappa shape index (κ2) is 4.12. The maximum Gasteiger partial charge on any atom is 0.207 e. The van der Waals surface area contributed by atoms with E-state index < -0.39 is 0 Å². The van der Waals surface area contributed by atoms with E-state index in [0.717, 1.165) is 0 Å². The molecule has 0 bridgehead atoms. The molecule has 0 spiro atoms. The molecule has 7 heavy (non-hydrogen) atoms. The number of hydrogen-bond acceptors (Lipinski definition) is 1. The highest BCUT2D eigenvalue weighted by atomic mass is 79.9. The number of alkyl halides is 1. The van der Waals surface area contributed by atoms with Crippen LogP contribution in [-0.2, 0) is 4.79 Å². The molecule has 1 amide bonds. The van der Waals surface area contributed by atoms with Crippen molar-refractivity contribution in [3.8, 4) is 0 Å². The lowest BCUT2D eigenvalue weighted by Gasteiger charge is -2.01. The Kier molecular flexibility index (Phi) is 4.09. The van der Waals surface area contributed by atoms with Gasteiger partial charge in [0.15, 0.2) is 0 Å². The molecule has 0 saturated heterocycles. The number of halogens is 1. The molecule has 41 valence electrons. The lowest BCUT2D eigenvalue weighted by Crippen LogP contribution is -2.25. The molecular formula is C4H7BrNO. The zero-order valence-corrected chi connectivity index (χ0v) is 5.44. The van der Waals surface area contributed by atoms with Crippen LogP contribution in [0.25, 0.3) is 0 Å². The van der Waals surface area contributed by atoms with Crippen molar-refractivity contribution in [3.05, 3.63) is 6.92 Å². The Balaban J connectivity index is 2.98. The summed E-state index contributed by atoms with van der Waals surface area (Å²) in [6, 6.07) is -0.00231. The lowest BCUT2D eigenvalue weighted by atomic mass is 10.4. The first-order valence-corrected chi connectivity index (χ1v) is 3.02. The zero-order valence-electron chi connectivity index (χ0n) is 3.86. The summed E-state index contributed by atoms with van der Waals surface area (Å²) in [5.74, 6) is 0. The van der Waals surface area contributed by atoms with E-state index in [9.17, 15) is 4.79 Å². The Hall–Kier alpha value is -0.0500. The highest BCUT2D eigenvalue weighted by Crippen LogP contribution is 1.84. The Morgan fingerprint density at radius 1 is 2.00 bits per heavy atom. The summed E-state index contributed by atoms with van der Waals surface area (Å²) in [4.78, 5) is 9.60. The van der Waals surface area contributed by atoms with E-state index in [4.69, 9.17) is 0 Å². The van der Waals surface area contributed by atoms with Gasteiger partial charge in [0.05, 0.1) is 0 Å². The van der Waals surface area contributed by atoms with Gasteiger partial charge in [-0.15, -0.1) is 0 Å². The number of carbonyl (C=O) groups is 1. The lowest BCUT2D eigenvalue weighted by molar-refractivity contribution is -0.109. The van der Waals surface area contributed by atoms with Gasteiger partial charge in [-0.25, -0.2) is 0 Å². The van der Waals surface area contributed by atoms with Crippen LogP contribution in [-0.4, -0.2) is 17.8 Å². The standard InChI is InChI=1S/C4H7BrNO/c1-4(2-5)6-3-7/h3-4H,1-2H2,(H,6,7). The molecule has 0 aromatic carbocycles. The summed E-state index contributed by atoms with van der Waals surface area (Å²) in [6.07, 6.45) is 0.638. The van der Waals surface area contributed by atoms with Crippen molar-refractivity contribution < 1.29 is 4.79 Å². The fraction of sp³-hybridized carbons (Fsp3) is 0.500. The van der Waals surface area contributed by atoms with E-state index in [0.29, 0.717) is 11.7 Å². The molecule has 1 radical (unpaired) electrons. The van der Waals surface area contributed by atoms with Crippen LogP contribution >= 0.6 is 15.9 Å². The van der Waals surface area contributed by atoms with Gasteiger partial charge in [0.1, 0.15) is 0 Å². The number of carbonyl (C=O) groups excluding carboxylic acids is 1. The normalized spacial score (nSPS) is 12.9. The number of hydrogen-bond donors (Lipinski definition) is 1. The van der Waals surface area contributed by atoms with E-state index in [1.807, 2.05) is 0 Å². The smallest absolute Gasteiger partial charge is 0.207 e. The first-order chi connectivity index (χ1) is 3.31. The molecule has 0 rings (SSSR count). The van der Waals surface area contributed by atoms with Gasteiger partial charge >= 0.3 is 0 Å². The van der Waals surface area contributed by atoms with Gasteiger partial charge in [0, 0.05) is 11.4 Å². The molecule has 0 aromatic rings. The fourth-order valence-electron chi connectivity index (χ4n) is 0.141. The summed E-state index contributed by atoms with van der Waals surface area (Å²) in [5.41, 5.74) is 0.